The van der Waals surface area contributed by atoms with Crippen molar-refractivity contribution in [1.29, 1.82) is 0 Å². The van der Waals surface area contributed by atoms with Crippen LogP contribution in [0.1, 0.15) is 32.3 Å². The number of amides is 1. The Morgan fingerprint density at radius 2 is 1.76 bits per heavy atom. The van der Waals surface area contributed by atoms with Crippen LogP contribution < -0.4 is 9.62 Å². The molecule has 0 unspecified atom stereocenters. The molecule has 1 amide bonds. The van der Waals surface area contributed by atoms with E-state index < -0.39 is 15.6 Å². The summed E-state index contributed by atoms with van der Waals surface area (Å²) in [4.78, 5) is 12.4. The fraction of sp³-hybridized carbons (Fsp3) is 0.381. The third-order valence-corrected chi connectivity index (χ3v) is 6.04. The molecule has 0 aliphatic carbocycles. The third kappa shape index (κ3) is 7.53. The van der Waals surface area contributed by atoms with Gasteiger partial charge in [-0.3, -0.25) is 9.10 Å². The number of sulfonamides is 1. The van der Waals surface area contributed by atoms with Gasteiger partial charge in [0.1, 0.15) is 0 Å². The van der Waals surface area contributed by atoms with Crippen molar-refractivity contribution in [2.45, 2.75) is 38.6 Å². The predicted molar refractivity (Wildman–Crippen MR) is 120 cm³/mol. The molecule has 0 spiro atoms. The number of anilines is 1. The van der Waals surface area contributed by atoms with Crippen LogP contribution in [0.2, 0.25) is 10.0 Å². The van der Waals surface area contributed by atoms with Crippen LogP contribution >= 0.6 is 23.2 Å². The standard InChI is InChI=1S/C21H26Cl2N2O3S/c1-21(2,15-16-8-5-4-6-9-16)24-20(26)10-7-13-25(29(3,27)28)19-14-17(22)11-12-18(19)23/h4-6,8-9,11-12,14H,7,10,13,15H2,1-3H3,(H,24,26). The molecule has 0 radical (unpaired) electrons. The Morgan fingerprint density at radius 1 is 1.10 bits per heavy atom. The summed E-state index contributed by atoms with van der Waals surface area (Å²) in [5, 5.41) is 3.70. The van der Waals surface area contributed by atoms with E-state index in [0.29, 0.717) is 23.6 Å². The van der Waals surface area contributed by atoms with E-state index in [-0.39, 0.29) is 23.9 Å². The maximum Gasteiger partial charge on any atom is 0.232 e. The number of benzene rings is 2. The highest BCUT2D eigenvalue weighted by Gasteiger charge is 2.23. The Kier molecular flexibility index (Phi) is 7.97. The quantitative estimate of drug-likeness (QED) is 0.595. The molecule has 29 heavy (non-hydrogen) atoms. The van der Waals surface area contributed by atoms with Crippen LogP contribution in [0.5, 0.6) is 0 Å². The maximum absolute atomic E-state index is 12.4. The van der Waals surface area contributed by atoms with Crippen LogP contribution in [0, 0.1) is 0 Å². The molecular weight excluding hydrogens is 431 g/mol. The average molecular weight is 457 g/mol. The van der Waals surface area contributed by atoms with Gasteiger partial charge < -0.3 is 5.32 Å². The Hall–Kier alpha value is -1.76. The molecule has 0 saturated heterocycles. The van der Waals surface area contributed by atoms with Crippen LogP contribution in [0.25, 0.3) is 0 Å². The first-order valence-electron chi connectivity index (χ1n) is 9.26. The van der Waals surface area contributed by atoms with Gasteiger partial charge in [-0.2, -0.15) is 0 Å². The largest absolute Gasteiger partial charge is 0.351 e. The predicted octanol–water partition coefficient (Wildman–Crippen LogP) is 4.68. The SMILES string of the molecule is CC(C)(Cc1ccccc1)NC(=O)CCCN(c1cc(Cl)ccc1Cl)S(C)(=O)=O. The van der Waals surface area contributed by atoms with Crippen molar-refractivity contribution in [3.05, 3.63) is 64.1 Å². The van der Waals surface area contributed by atoms with E-state index in [1.807, 2.05) is 44.2 Å². The van der Waals surface area contributed by atoms with E-state index >= 15 is 0 Å². The Labute approximate surface area is 183 Å². The van der Waals surface area contributed by atoms with Crippen molar-refractivity contribution in [2.24, 2.45) is 0 Å². The highest BCUT2D eigenvalue weighted by Crippen LogP contribution is 2.30. The van der Waals surface area contributed by atoms with E-state index in [0.717, 1.165) is 11.8 Å². The fourth-order valence-electron chi connectivity index (χ4n) is 3.12. The molecular formula is C21H26Cl2N2O3S. The monoisotopic (exact) mass is 456 g/mol. The second-order valence-electron chi connectivity index (χ2n) is 7.63. The van der Waals surface area contributed by atoms with E-state index in [9.17, 15) is 13.2 Å². The topological polar surface area (TPSA) is 66.5 Å². The van der Waals surface area contributed by atoms with E-state index in [4.69, 9.17) is 23.2 Å². The number of rotatable bonds is 9. The average Bonchev–Trinajstić information content (AvgIpc) is 2.60. The summed E-state index contributed by atoms with van der Waals surface area (Å²) in [7, 11) is -3.57. The first-order valence-corrected chi connectivity index (χ1v) is 11.9. The van der Waals surface area contributed by atoms with Gasteiger partial charge in [0.2, 0.25) is 15.9 Å². The lowest BCUT2D eigenvalue weighted by Gasteiger charge is -2.27. The summed E-state index contributed by atoms with van der Waals surface area (Å²) in [6.07, 6.45) is 2.35. The molecule has 1 N–H and O–H groups in total. The Morgan fingerprint density at radius 3 is 2.38 bits per heavy atom. The molecule has 2 rings (SSSR count). The van der Waals surface area contributed by atoms with E-state index in [1.165, 1.54) is 10.4 Å². The first kappa shape index (κ1) is 23.5. The van der Waals surface area contributed by atoms with Crippen LogP contribution in [-0.4, -0.2) is 32.7 Å². The zero-order valence-electron chi connectivity index (χ0n) is 16.8. The van der Waals surface area contributed by atoms with Crippen LogP contribution in [0.15, 0.2) is 48.5 Å². The number of carbonyl (C=O) groups excluding carboxylic acids is 1. The van der Waals surface area contributed by atoms with Crippen molar-refractivity contribution in [2.75, 3.05) is 17.1 Å². The van der Waals surface area contributed by atoms with Crippen molar-refractivity contribution in [1.82, 2.24) is 5.32 Å². The summed E-state index contributed by atoms with van der Waals surface area (Å²) in [6.45, 7) is 4.06. The first-order chi connectivity index (χ1) is 13.5. The van der Waals surface area contributed by atoms with Gasteiger partial charge in [-0.1, -0.05) is 53.5 Å². The molecule has 5 nitrogen and oxygen atoms in total. The van der Waals surface area contributed by atoms with Gasteiger partial charge in [0.25, 0.3) is 0 Å². The lowest BCUT2D eigenvalue weighted by molar-refractivity contribution is -0.122. The summed E-state index contributed by atoms with van der Waals surface area (Å²) in [5.74, 6) is -0.128. The zero-order chi connectivity index (χ0) is 21.7. The second-order valence-corrected chi connectivity index (χ2v) is 10.4. The third-order valence-electron chi connectivity index (χ3n) is 4.31. The minimum atomic E-state index is -3.57. The maximum atomic E-state index is 12.4. The molecule has 0 fully saturated rings. The highest BCUT2D eigenvalue weighted by molar-refractivity contribution is 7.92. The Balaban J connectivity index is 1.97. The van der Waals surface area contributed by atoms with Crippen LogP contribution in [0.3, 0.4) is 0 Å². The van der Waals surface area contributed by atoms with E-state index in [1.54, 1.807) is 12.1 Å². The van der Waals surface area contributed by atoms with Gasteiger partial charge in [-0.25, -0.2) is 8.42 Å². The highest BCUT2D eigenvalue weighted by atomic mass is 35.5. The number of halogens is 2. The van der Waals surface area contributed by atoms with Gasteiger partial charge >= 0.3 is 0 Å². The number of nitrogens with one attached hydrogen (secondary N) is 1. The Bertz CT molecular complexity index is 948. The number of hydrogen-bond donors (Lipinski definition) is 1. The van der Waals surface area contributed by atoms with Gasteiger partial charge in [-0.05, 0) is 50.5 Å². The molecule has 2 aromatic carbocycles. The van der Waals surface area contributed by atoms with Gasteiger partial charge in [0.05, 0.1) is 17.0 Å². The number of nitrogens with zero attached hydrogens (tertiary/aromatic N) is 1. The molecule has 0 aliphatic heterocycles. The van der Waals surface area contributed by atoms with Gasteiger partial charge in [0.15, 0.2) is 0 Å². The summed E-state index contributed by atoms with van der Waals surface area (Å²) in [6, 6.07) is 14.6. The zero-order valence-corrected chi connectivity index (χ0v) is 19.1. The molecule has 0 bridgehead atoms. The molecule has 0 aromatic heterocycles. The fourth-order valence-corrected chi connectivity index (χ4v) is 4.52. The number of carbonyl (C=O) groups is 1. The lowest BCUT2D eigenvalue weighted by atomic mass is 9.94. The lowest BCUT2D eigenvalue weighted by Crippen LogP contribution is -2.45. The minimum Gasteiger partial charge on any atom is -0.351 e. The summed E-state index contributed by atoms with van der Waals surface area (Å²) in [5.41, 5.74) is 1.04. The molecule has 0 atom stereocenters. The van der Waals surface area contributed by atoms with Crippen LogP contribution in [0.4, 0.5) is 5.69 Å². The van der Waals surface area contributed by atoms with Gasteiger partial charge in [0, 0.05) is 23.5 Å². The normalized spacial score (nSPS) is 11.9. The van der Waals surface area contributed by atoms with Crippen molar-refractivity contribution in [3.8, 4) is 0 Å². The molecule has 2 aromatic rings. The van der Waals surface area contributed by atoms with Crippen LogP contribution in [-0.2, 0) is 21.2 Å². The van der Waals surface area contributed by atoms with Crippen molar-refractivity contribution >= 4 is 44.8 Å². The summed E-state index contributed by atoms with van der Waals surface area (Å²) < 4.78 is 25.6. The second kappa shape index (κ2) is 9.83. The van der Waals surface area contributed by atoms with Crippen molar-refractivity contribution < 1.29 is 13.2 Å². The minimum absolute atomic E-state index is 0.128. The summed E-state index contributed by atoms with van der Waals surface area (Å²) >= 11 is 12.1. The van der Waals surface area contributed by atoms with Gasteiger partial charge in [-0.15, -0.1) is 0 Å². The molecule has 0 aliphatic rings. The van der Waals surface area contributed by atoms with Crippen molar-refractivity contribution in [3.63, 3.8) is 0 Å². The molecule has 158 valence electrons. The molecule has 0 heterocycles. The molecule has 8 heteroatoms. The molecule has 0 saturated carbocycles. The van der Waals surface area contributed by atoms with E-state index in [2.05, 4.69) is 5.32 Å². The number of hydrogen-bond acceptors (Lipinski definition) is 3. The smallest absolute Gasteiger partial charge is 0.232 e.